The van der Waals surface area contributed by atoms with E-state index in [4.69, 9.17) is 15.2 Å². The predicted octanol–water partition coefficient (Wildman–Crippen LogP) is 3.31. The van der Waals surface area contributed by atoms with Crippen LogP contribution < -0.4 is 5.73 Å². The van der Waals surface area contributed by atoms with Crippen molar-refractivity contribution >= 4 is 12.4 Å². The number of nitrogens with two attached hydrogens (primary N) is 1. The standard InChI is InChI=1S/C14H23N3O.ClH/c15-10-14(8-4-5-9-14)13-16-12(17-18-13)11-6-2-1-3-7-11;/h11H,1-10,15H2;1H. The summed E-state index contributed by atoms with van der Waals surface area (Å²) < 4.78 is 5.55. The van der Waals surface area contributed by atoms with Gasteiger partial charge >= 0.3 is 0 Å². The van der Waals surface area contributed by atoms with Crippen LogP contribution in [0.4, 0.5) is 0 Å². The lowest BCUT2D eigenvalue weighted by Gasteiger charge is -2.22. The molecular weight excluding hydrogens is 262 g/mol. The summed E-state index contributed by atoms with van der Waals surface area (Å²) in [6.07, 6.45) is 11.1. The smallest absolute Gasteiger partial charge is 0.234 e. The van der Waals surface area contributed by atoms with Crippen LogP contribution in [0.25, 0.3) is 0 Å². The Balaban J connectivity index is 0.00000133. The second kappa shape index (κ2) is 6.23. The fourth-order valence-electron chi connectivity index (χ4n) is 3.53. The van der Waals surface area contributed by atoms with Crippen molar-refractivity contribution in [3.8, 4) is 0 Å². The van der Waals surface area contributed by atoms with Crippen LogP contribution in [0.3, 0.4) is 0 Å². The largest absolute Gasteiger partial charge is 0.339 e. The van der Waals surface area contributed by atoms with E-state index in [1.165, 1.54) is 44.9 Å². The van der Waals surface area contributed by atoms with Crippen LogP contribution in [0, 0.1) is 0 Å². The Hall–Kier alpha value is -0.610. The minimum absolute atomic E-state index is 0. The van der Waals surface area contributed by atoms with Gasteiger partial charge in [-0.05, 0) is 25.7 Å². The maximum atomic E-state index is 5.96. The van der Waals surface area contributed by atoms with Crippen LogP contribution in [-0.2, 0) is 5.41 Å². The third kappa shape index (κ3) is 2.79. The number of halogens is 1. The van der Waals surface area contributed by atoms with Gasteiger partial charge in [0.15, 0.2) is 5.82 Å². The average molecular weight is 286 g/mol. The van der Waals surface area contributed by atoms with E-state index in [-0.39, 0.29) is 17.8 Å². The Bertz CT molecular complexity index is 395. The van der Waals surface area contributed by atoms with Gasteiger partial charge in [0.25, 0.3) is 0 Å². The van der Waals surface area contributed by atoms with Crippen LogP contribution in [0.1, 0.15) is 75.4 Å². The molecule has 2 saturated carbocycles. The van der Waals surface area contributed by atoms with E-state index >= 15 is 0 Å². The molecule has 0 spiro atoms. The van der Waals surface area contributed by atoms with Crippen molar-refractivity contribution in [1.29, 1.82) is 0 Å². The van der Waals surface area contributed by atoms with E-state index in [0.29, 0.717) is 12.5 Å². The van der Waals surface area contributed by atoms with Crippen LogP contribution in [0.15, 0.2) is 4.52 Å². The molecule has 2 aliphatic rings. The number of hydrogen-bond donors (Lipinski definition) is 1. The molecule has 19 heavy (non-hydrogen) atoms. The van der Waals surface area contributed by atoms with Crippen LogP contribution in [-0.4, -0.2) is 16.7 Å². The molecule has 0 radical (unpaired) electrons. The summed E-state index contributed by atoms with van der Waals surface area (Å²) in [4.78, 5) is 4.70. The fraction of sp³-hybridized carbons (Fsp3) is 0.857. The molecule has 2 N–H and O–H groups in total. The average Bonchev–Trinajstić information content (AvgIpc) is 3.09. The molecule has 5 heteroatoms. The topological polar surface area (TPSA) is 64.9 Å². The molecule has 0 amide bonds. The summed E-state index contributed by atoms with van der Waals surface area (Å²) in [6, 6.07) is 0. The Morgan fingerprint density at radius 1 is 1.11 bits per heavy atom. The molecule has 1 aromatic rings. The molecular formula is C14H24ClN3O. The van der Waals surface area contributed by atoms with Gasteiger partial charge in [-0.25, -0.2) is 0 Å². The van der Waals surface area contributed by atoms with E-state index in [1.807, 2.05) is 0 Å². The molecule has 1 aromatic heterocycles. The maximum Gasteiger partial charge on any atom is 0.234 e. The van der Waals surface area contributed by atoms with Crippen molar-refractivity contribution in [2.24, 2.45) is 5.73 Å². The SMILES string of the molecule is Cl.NCC1(c2nc(C3CCCCC3)no2)CCCC1. The molecule has 3 rings (SSSR count). The third-order valence-corrected chi connectivity index (χ3v) is 4.82. The van der Waals surface area contributed by atoms with Crippen LogP contribution >= 0.6 is 12.4 Å². The highest BCUT2D eigenvalue weighted by Crippen LogP contribution is 2.40. The Morgan fingerprint density at radius 3 is 2.42 bits per heavy atom. The van der Waals surface area contributed by atoms with Crippen molar-refractivity contribution in [2.75, 3.05) is 6.54 Å². The molecule has 0 aliphatic heterocycles. The summed E-state index contributed by atoms with van der Waals surface area (Å²) in [5.41, 5.74) is 5.95. The van der Waals surface area contributed by atoms with Gasteiger partial charge in [-0.2, -0.15) is 4.98 Å². The minimum atomic E-state index is -0.0140. The van der Waals surface area contributed by atoms with Gasteiger partial charge in [-0.3, -0.25) is 0 Å². The van der Waals surface area contributed by atoms with E-state index < -0.39 is 0 Å². The Labute approximate surface area is 120 Å². The van der Waals surface area contributed by atoms with Crippen molar-refractivity contribution in [2.45, 2.75) is 69.1 Å². The molecule has 1 heterocycles. The van der Waals surface area contributed by atoms with Gasteiger partial charge in [0.2, 0.25) is 5.89 Å². The summed E-state index contributed by atoms with van der Waals surface area (Å²) in [5.74, 6) is 2.26. The molecule has 2 fully saturated rings. The zero-order valence-electron chi connectivity index (χ0n) is 11.4. The molecule has 0 saturated heterocycles. The van der Waals surface area contributed by atoms with E-state index in [2.05, 4.69) is 5.16 Å². The lowest BCUT2D eigenvalue weighted by molar-refractivity contribution is 0.281. The van der Waals surface area contributed by atoms with E-state index in [1.54, 1.807) is 0 Å². The summed E-state index contributed by atoms with van der Waals surface area (Å²) in [5, 5.41) is 4.24. The first-order valence-electron chi connectivity index (χ1n) is 7.38. The molecule has 0 unspecified atom stereocenters. The Kier molecular flexibility index (Phi) is 4.85. The van der Waals surface area contributed by atoms with E-state index in [9.17, 15) is 0 Å². The first-order chi connectivity index (χ1) is 8.84. The quantitative estimate of drug-likeness (QED) is 0.925. The van der Waals surface area contributed by atoms with Gasteiger partial charge in [-0.1, -0.05) is 37.3 Å². The fourth-order valence-corrected chi connectivity index (χ4v) is 3.53. The molecule has 0 bridgehead atoms. The van der Waals surface area contributed by atoms with Gasteiger partial charge < -0.3 is 10.3 Å². The van der Waals surface area contributed by atoms with Crippen molar-refractivity contribution in [3.05, 3.63) is 11.7 Å². The first kappa shape index (κ1) is 14.8. The van der Waals surface area contributed by atoms with Crippen LogP contribution in [0.5, 0.6) is 0 Å². The van der Waals surface area contributed by atoms with Crippen molar-refractivity contribution in [3.63, 3.8) is 0 Å². The van der Waals surface area contributed by atoms with E-state index in [0.717, 1.165) is 24.6 Å². The maximum absolute atomic E-state index is 5.96. The molecule has 2 aliphatic carbocycles. The highest BCUT2D eigenvalue weighted by molar-refractivity contribution is 5.85. The van der Waals surface area contributed by atoms with Gasteiger partial charge in [0.05, 0.1) is 5.41 Å². The zero-order chi connectivity index (χ0) is 12.4. The lowest BCUT2D eigenvalue weighted by atomic mass is 9.86. The molecule has 0 atom stereocenters. The normalized spacial score (nSPS) is 23.2. The number of nitrogens with zero attached hydrogens (tertiary/aromatic N) is 2. The first-order valence-corrected chi connectivity index (χ1v) is 7.38. The number of aromatic nitrogens is 2. The molecule has 0 aromatic carbocycles. The third-order valence-electron chi connectivity index (χ3n) is 4.82. The zero-order valence-corrected chi connectivity index (χ0v) is 12.3. The van der Waals surface area contributed by atoms with Gasteiger partial charge in [0, 0.05) is 12.5 Å². The minimum Gasteiger partial charge on any atom is -0.339 e. The van der Waals surface area contributed by atoms with Gasteiger partial charge in [-0.15, -0.1) is 12.4 Å². The highest BCUT2D eigenvalue weighted by Gasteiger charge is 2.40. The predicted molar refractivity (Wildman–Crippen MR) is 76.6 cm³/mol. The van der Waals surface area contributed by atoms with Crippen LogP contribution in [0.2, 0.25) is 0 Å². The molecule has 4 nitrogen and oxygen atoms in total. The van der Waals surface area contributed by atoms with Crippen molar-refractivity contribution in [1.82, 2.24) is 10.1 Å². The molecule has 108 valence electrons. The highest BCUT2D eigenvalue weighted by atomic mass is 35.5. The van der Waals surface area contributed by atoms with Gasteiger partial charge in [0.1, 0.15) is 0 Å². The number of rotatable bonds is 3. The summed E-state index contributed by atoms with van der Waals surface area (Å²) in [6.45, 7) is 0.638. The second-order valence-corrected chi connectivity index (χ2v) is 5.98. The lowest BCUT2D eigenvalue weighted by Crippen LogP contribution is -2.32. The summed E-state index contributed by atoms with van der Waals surface area (Å²) in [7, 11) is 0. The second-order valence-electron chi connectivity index (χ2n) is 5.98. The summed E-state index contributed by atoms with van der Waals surface area (Å²) >= 11 is 0. The Morgan fingerprint density at radius 2 is 1.79 bits per heavy atom. The number of hydrogen-bond acceptors (Lipinski definition) is 4. The monoisotopic (exact) mass is 285 g/mol. The van der Waals surface area contributed by atoms with Crippen molar-refractivity contribution < 1.29 is 4.52 Å².